The lowest BCUT2D eigenvalue weighted by atomic mass is 10.1. The molecule has 40 heavy (non-hydrogen) atoms. The molecule has 0 aliphatic rings. The van der Waals surface area contributed by atoms with Crippen LogP contribution < -0.4 is 5.73 Å². The second-order valence-electron chi connectivity index (χ2n) is 9.39. The predicted molar refractivity (Wildman–Crippen MR) is 160 cm³/mol. The van der Waals surface area contributed by atoms with Gasteiger partial charge in [0.2, 0.25) is 5.95 Å². The normalized spacial score (nSPS) is 11.7. The molecule has 0 saturated carbocycles. The van der Waals surface area contributed by atoms with E-state index >= 15 is 0 Å². The highest BCUT2D eigenvalue weighted by Crippen LogP contribution is 2.27. The number of unbranched alkanes of at least 4 members (excludes halogenated alkanes) is 1. The second kappa shape index (κ2) is 15.6. The smallest absolute Gasteiger partial charge is 0.268 e. The van der Waals surface area contributed by atoms with Crippen LogP contribution in [0.2, 0.25) is 0 Å². The van der Waals surface area contributed by atoms with Crippen LogP contribution in [0.3, 0.4) is 0 Å². The molecule has 0 bridgehead atoms. The molecular weight excluding hydrogens is 529 g/mol. The largest absolute Gasteiger partial charge is 0.381 e. The van der Waals surface area contributed by atoms with Gasteiger partial charge in [-0.05, 0) is 68.8 Å². The van der Waals surface area contributed by atoms with Crippen LogP contribution in [0.5, 0.6) is 0 Å². The molecule has 4 aromatic rings. The molecule has 218 valence electrons. The van der Waals surface area contributed by atoms with Crippen LogP contribution in [0.25, 0.3) is 10.9 Å². The SMILES string of the molecule is CCN(CC)CO.NCCCCN(Cc1cccnc1F)Cc1cn(S(=O)(=O)c2ccccc2)c2ccccc12.[HH]. The lowest BCUT2D eigenvalue weighted by molar-refractivity contribution is 0.118. The number of rotatable bonds is 13. The van der Waals surface area contributed by atoms with E-state index in [0.29, 0.717) is 37.3 Å². The van der Waals surface area contributed by atoms with Crippen molar-refractivity contribution in [1.29, 1.82) is 0 Å². The molecule has 2 aromatic carbocycles. The number of aliphatic hydroxyl groups is 1. The molecule has 3 N–H and O–H groups in total. The van der Waals surface area contributed by atoms with Gasteiger partial charge in [-0.1, -0.05) is 56.3 Å². The summed E-state index contributed by atoms with van der Waals surface area (Å²) in [7, 11) is -3.76. The Morgan fingerprint density at radius 1 is 0.925 bits per heavy atom. The number of benzene rings is 2. The molecule has 0 amide bonds. The number of hydrogen-bond acceptors (Lipinski definition) is 7. The Morgan fingerprint density at radius 2 is 1.60 bits per heavy atom. The van der Waals surface area contributed by atoms with Crippen LogP contribution in [0, 0.1) is 5.95 Å². The molecule has 0 spiro atoms. The first-order valence-corrected chi connectivity index (χ1v) is 15.0. The van der Waals surface area contributed by atoms with Crippen molar-refractivity contribution < 1.29 is 19.3 Å². The summed E-state index contributed by atoms with van der Waals surface area (Å²) in [6.07, 6.45) is 4.83. The standard InChI is InChI=1S/C25H27FN4O2S.C5H13NO.H2/c26-25-20(9-8-15-28-25)17-29(16-7-6-14-27)18-21-19-30(24-13-5-4-12-23(21)24)33(31,32)22-10-2-1-3-11-22;1-3-6(4-2)5-7;/h1-5,8-13,15,19H,6-7,14,16-18,27H2;7H,3-5H2,1-2H3;1H. The number of pyridine rings is 1. The zero-order chi connectivity index (χ0) is 29.0. The van der Waals surface area contributed by atoms with E-state index in [4.69, 9.17) is 10.8 Å². The number of nitrogens with zero attached hydrogens (tertiary/aromatic N) is 4. The molecule has 0 fully saturated rings. The number of hydrogen-bond donors (Lipinski definition) is 2. The summed E-state index contributed by atoms with van der Waals surface area (Å²) in [5, 5.41) is 9.31. The van der Waals surface area contributed by atoms with Crippen molar-refractivity contribution in [3.05, 3.63) is 96.2 Å². The van der Waals surface area contributed by atoms with Crippen LogP contribution in [-0.4, -0.2) is 65.2 Å². The van der Waals surface area contributed by atoms with Crippen LogP contribution in [0.1, 0.15) is 39.2 Å². The van der Waals surface area contributed by atoms with Gasteiger partial charge in [-0.3, -0.25) is 9.80 Å². The average molecular weight is 572 g/mol. The fourth-order valence-corrected chi connectivity index (χ4v) is 5.80. The highest BCUT2D eigenvalue weighted by atomic mass is 32.2. The number of fused-ring (bicyclic) bond motifs is 1. The van der Waals surface area contributed by atoms with Gasteiger partial charge in [0.25, 0.3) is 10.0 Å². The van der Waals surface area contributed by atoms with Gasteiger partial charge < -0.3 is 10.8 Å². The van der Waals surface area contributed by atoms with Crippen molar-refractivity contribution in [1.82, 2.24) is 18.8 Å². The zero-order valence-corrected chi connectivity index (χ0v) is 24.1. The van der Waals surface area contributed by atoms with Gasteiger partial charge in [-0.15, -0.1) is 0 Å². The molecule has 0 unspecified atom stereocenters. The molecule has 8 nitrogen and oxygen atoms in total. The van der Waals surface area contributed by atoms with E-state index < -0.39 is 16.0 Å². The third-order valence-corrected chi connectivity index (χ3v) is 8.40. The molecule has 4 rings (SSSR count). The van der Waals surface area contributed by atoms with Crippen molar-refractivity contribution in [2.75, 3.05) is 32.9 Å². The maximum absolute atomic E-state index is 14.2. The number of nitrogens with two attached hydrogens (primary N) is 1. The van der Waals surface area contributed by atoms with Crippen LogP contribution >= 0.6 is 0 Å². The minimum absolute atomic E-state index is 0. The molecule has 0 aliphatic carbocycles. The van der Waals surface area contributed by atoms with Crippen molar-refractivity contribution in [3.63, 3.8) is 0 Å². The van der Waals surface area contributed by atoms with E-state index in [1.54, 1.807) is 54.7 Å². The highest BCUT2D eigenvalue weighted by molar-refractivity contribution is 7.90. The van der Waals surface area contributed by atoms with E-state index in [1.807, 2.05) is 36.9 Å². The van der Waals surface area contributed by atoms with Crippen molar-refractivity contribution >= 4 is 20.9 Å². The lowest BCUT2D eigenvalue weighted by Gasteiger charge is -2.22. The van der Waals surface area contributed by atoms with Crippen LogP contribution in [0.15, 0.2) is 84.0 Å². The summed E-state index contributed by atoms with van der Waals surface area (Å²) in [4.78, 5) is 8.03. The van der Waals surface area contributed by atoms with Crippen LogP contribution in [-0.2, 0) is 23.1 Å². The molecule has 2 heterocycles. The van der Waals surface area contributed by atoms with Gasteiger partial charge in [0.1, 0.15) is 0 Å². The predicted octanol–water partition coefficient (Wildman–Crippen LogP) is 4.68. The quantitative estimate of drug-likeness (QED) is 0.136. The maximum atomic E-state index is 14.2. The Morgan fingerprint density at radius 3 is 2.23 bits per heavy atom. The summed E-state index contributed by atoms with van der Waals surface area (Å²) in [5.41, 5.74) is 7.65. The van der Waals surface area contributed by atoms with Crippen molar-refractivity contribution in [2.24, 2.45) is 5.73 Å². The van der Waals surface area contributed by atoms with Crippen molar-refractivity contribution in [3.8, 4) is 0 Å². The topological polar surface area (TPSA) is 105 Å². The highest BCUT2D eigenvalue weighted by Gasteiger charge is 2.22. The monoisotopic (exact) mass is 571 g/mol. The van der Waals surface area contributed by atoms with E-state index in [9.17, 15) is 12.8 Å². The summed E-state index contributed by atoms with van der Waals surface area (Å²) >= 11 is 0. The van der Waals surface area contributed by atoms with Gasteiger partial charge >= 0.3 is 0 Å². The van der Waals surface area contributed by atoms with Gasteiger partial charge in [-0.25, -0.2) is 17.4 Å². The zero-order valence-electron chi connectivity index (χ0n) is 23.3. The van der Waals surface area contributed by atoms with Crippen LogP contribution in [0.4, 0.5) is 4.39 Å². The Balaban J connectivity index is 0.000000655. The van der Waals surface area contributed by atoms with Gasteiger partial charge in [0.05, 0.1) is 17.1 Å². The third-order valence-electron chi connectivity index (χ3n) is 6.71. The average Bonchev–Trinajstić information content (AvgIpc) is 3.35. The molecule has 2 aromatic heterocycles. The molecular formula is C30H42FN5O3S. The number of aromatic nitrogens is 2. The first-order valence-electron chi connectivity index (χ1n) is 13.6. The Hall–Kier alpha value is -3.15. The van der Waals surface area contributed by atoms with E-state index in [2.05, 4.69) is 9.88 Å². The van der Waals surface area contributed by atoms with Crippen molar-refractivity contribution in [2.45, 2.75) is 44.7 Å². The first kappa shape index (κ1) is 31.4. The molecule has 10 heteroatoms. The molecule has 0 saturated heterocycles. The Labute approximate surface area is 238 Å². The summed E-state index contributed by atoms with van der Waals surface area (Å²) in [6, 6.07) is 19.3. The Bertz CT molecular complexity index is 1430. The number of aliphatic hydroxyl groups excluding tert-OH is 1. The third kappa shape index (κ3) is 8.18. The second-order valence-corrected chi connectivity index (χ2v) is 11.2. The van der Waals surface area contributed by atoms with E-state index in [-0.39, 0.29) is 13.1 Å². The molecule has 0 atom stereocenters. The number of para-hydroxylation sites is 1. The molecule has 0 radical (unpaired) electrons. The summed E-state index contributed by atoms with van der Waals surface area (Å²) in [6.45, 7) is 8.25. The number of halogens is 1. The van der Waals surface area contributed by atoms with E-state index in [0.717, 1.165) is 36.9 Å². The molecule has 0 aliphatic heterocycles. The van der Waals surface area contributed by atoms with Gasteiger partial charge in [-0.2, -0.15) is 4.39 Å². The fraction of sp³-hybridized carbons (Fsp3) is 0.367. The fourth-order valence-electron chi connectivity index (χ4n) is 4.39. The Kier molecular flexibility index (Phi) is 12.2. The lowest BCUT2D eigenvalue weighted by Crippen LogP contribution is -2.25. The van der Waals surface area contributed by atoms with Gasteiger partial charge in [0, 0.05) is 37.9 Å². The minimum Gasteiger partial charge on any atom is -0.381 e. The van der Waals surface area contributed by atoms with E-state index in [1.165, 1.54) is 10.2 Å². The van der Waals surface area contributed by atoms with Gasteiger partial charge in [0.15, 0.2) is 0 Å². The maximum Gasteiger partial charge on any atom is 0.268 e. The summed E-state index contributed by atoms with van der Waals surface area (Å²) < 4.78 is 42.3. The first-order chi connectivity index (χ1) is 19.3. The summed E-state index contributed by atoms with van der Waals surface area (Å²) in [5.74, 6) is -0.490. The minimum atomic E-state index is -3.76.